The SMILES string of the molecule is Cc1c(Cl)nc(C(C)(C)C)nc1NC1CCC(C)(C)CC1. The summed E-state index contributed by atoms with van der Waals surface area (Å²) in [6.45, 7) is 13.0. The molecule has 0 aromatic carbocycles. The molecule has 1 aliphatic carbocycles. The lowest BCUT2D eigenvalue weighted by atomic mass is 9.75. The molecule has 1 aromatic rings. The topological polar surface area (TPSA) is 37.8 Å². The molecule has 0 amide bonds. The molecule has 1 aromatic heterocycles. The summed E-state index contributed by atoms with van der Waals surface area (Å²) in [5.74, 6) is 1.71. The van der Waals surface area contributed by atoms with Crippen molar-refractivity contribution in [3.63, 3.8) is 0 Å². The zero-order chi connectivity index (χ0) is 15.8. The number of rotatable bonds is 2. The van der Waals surface area contributed by atoms with Gasteiger partial charge in [0.15, 0.2) is 0 Å². The molecule has 0 bridgehead atoms. The smallest absolute Gasteiger partial charge is 0.137 e. The van der Waals surface area contributed by atoms with E-state index in [9.17, 15) is 0 Å². The van der Waals surface area contributed by atoms with Gasteiger partial charge in [0.1, 0.15) is 16.8 Å². The largest absolute Gasteiger partial charge is 0.367 e. The highest BCUT2D eigenvalue weighted by atomic mass is 35.5. The number of aromatic nitrogens is 2. The summed E-state index contributed by atoms with van der Waals surface area (Å²) in [7, 11) is 0. The molecule has 4 heteroatoms. The molecule has 0 unspecified atom stereocenters. The quantitative estimate of drug-likeness (QED) is 0.771. The molecular weight excluding hydrogens is 282 g/mol. The number of nitrogens with zero attached hydrogens (tertiary/aromatic N) is 2. The van der Waals surface area contributed by atoms with Crippen LogP contribution in [-0.4, -0.2) is 16.0 Å². The van der Waals surface area contributed by atoms with Crippen LogP contribution in [0.2, 0.25) is 5.15 Å². The second-order valence-corrected chi connectivity index (χ2v) is 8.50. The minimum absolute atomic E-state index is 0.0949. The highest BCUT2D eigenvalue weighted by molar-refractivity contribution is 6.30. The Morgan fingerprint density at radius 2 is 1.71 bits per heavy atom. The summed E-state index contributed by atoms with van der Waals surface area (Å²) in [4.78, 5) is 9.16. The molecule has 1 aliphatic rings. The fourth-order valence-corrected chi connectivity index (χ4v) is 2.87. The van der Waals surface area contributed by atoms with E-state index in [1.54, 1.807) is 0 Å². The summed E-state index contributed by atoms with van der Waals surface area (Å²) < 4.78 is 0. The number of anilines is 1. The molecule has 1 fully saturated rings. The Labute approximate surface area is 133 Å². The maximum absolute atomic E-state index is 6.30. The van der Waals surface area contributed by atoms with Crippen LogP contribution in [0.5, 0.6) is 0 Å². The number of hydrogen-bond acceptors (Lipinski definition) is 3. The van der Waals surface area contributed by atoms with Crippen LogP contribution >= 0.6 is 11.6 Å². The third-order valence-corrected chi connectivity index (χ3v) is 4.81. The van der Waals surface area contributed by atoms with Gasteiger partial charge < -0.3 is 5.32 Å². The molecular formula is C17H28ClN3. The fraction of sp³-hybridized carbons (Fsp3) is 0.765. The fourth-order valence-electron chi connectivity index (χ4n) is 2.70. The summed E-state index contributed by atoms with van der Waals surface area (Å²) in [6, 6.07) is 0.496. The number of hydrogen-bond donors (Lipinski definition) is 1. The Kier molecular flexibility index (Phi) is 4.53. The predicted octanol–water partition coefficient (Wildman–Crippen LogP) is 5.12. The van der Waals surface area contributed by atoms with Gasteiger partial charge in [-0.2, -0.15) is 0 Å². The summed E-state index contributed by atoms with van der Waals surface area (Å²) >= 11 is 6.30. The van der Waals surface area contributed by atoms with E-state index in [2.05, 4.69) is 44.9 Å². The van der Waals surface area contributed by atoms with Gasteiger partial charge in [-0.1, -0.05) is 46.2 Å². The van der Waals surface area contributed by atoms with Crippen molar-refractivity contribution in [2.45, 2.75) is 78.7 Å². The predicted molar refractivity (Wildman–Crippen MR) is 90.1 cm³/mol. The van der Waals surface area contributed by atoms with Crippen molar-refractivity contribution in [2.24, 2.45) is 5.41 Å². The molecule has 0 aliphatic heterocycles. The van der Waals surface area contributed by atoms with Gasteiger partial charge in [-0.15, -0.1) is 0 Å². The average molecular weight is 310 g/mol. The first-order chi connectivity index (χ1) is 9.58. The van der Waals surface area contributed by atoms with Crippen molar-refractivity contribution in [3.8, 4) is 0 Å². The molecule has 1 saturated carbocycles. The third kappa shape index (κ3) is 4.09. The lowest BCUT2D eigenvalue weighted by Gasteiger charge is -2.35. The van der Waals surface area contributed by atoms with E-state index in [0.29, 0.717) is 16.6 Å². The second kappa shape index (κ2) is 5.75. The first-order valence-corrected chi connectivity index (χ1v) is 8.27. The van der Waals surface area contributed by atoms with Crippen LogP contribution < -0.4 is 5.32 Å². The molecule has 3 nitrogen and oxygen atoms in total. The van der Waals surface area contributed by atoms with E-state index >= 15 is 0 Å². The van der Waals surface area contributed by atoms with Crippen LogP contribution in [0.25, 0.3) is 0 Å². The van der Waals surface area contributed by atoms with E-state index in [1.165, 1.54) is 25.7 Å². The molecule has 2 rings (SSSR count). The molecule has 21 heavy (non-hydrogen) atoms. The van der Waals surface area contributed by atoms with Crippen LogP contribution in [0, 0.1) is 12.3 Å². The summed E-state index contributed by atoms with van der Waals surface area (Å²) in [6.07, 6.45) is 4.90. The van der Waals surface area contributed by atoms with Crippen LogP contribution in [0.4, 0.5) is 5.82 Å². The van der Waals surface area contributed by atoms with Crippen molar-refractivity contribution in [3.05, 3.63) is 16.5 Å². The van der Waals surface area contributed by atoms with E-state index in [0.717, 1.165) is 17.2 Å². The van der Waals surface area contributed by atoms with Crippen molar-refractivity contribution >= 4 is 17.4 Å². The van der Waals surface area contributed by atoms with Crippen molar-refractivity contribution < 1.29 is 0 Å². The van der Waals surface area contributed by atoms with Crippen molar-refractivity contribution in [1.82, 2.24) is 9.97 Å². The van der Waals surface area contributed by atoms with Crippen molar-refractivity contribution in [1.29, 1.82) is 0 Å². The lowest BCUT2D eigenvalue weighted by molar-refractivity contribution is 0.232. The maximum Gasteiger partial charge on any atom is 0.137 e. The minimum Gasteiger partial charge on any atom is -0.367 e. The first kappa shape index (κ1) is 16.5. The highest BCUT2D eigenvalue weighted by Crippen LogP contribution is 2.36. The Bertz CT molecular complexity index is 508. The summed E-state index contributed by atoms with van der Waals surface area (Å²) in [5, 5.41) is 4.17. The second-order valence-electron chi connectivity index (χ2n) is 8.14. The Balaban J connectivity index is 2.18. The first-order valence-electron chi connectivity index (χ1n) is 7.90. The monoisotopic (exact) mass is 309 g/mol. The van der Waals surface area contributed by atoms with E-state index < -0.39 is 0 Å². The third-order valence-electron chi connectivity index (χ3n) is 4.44. The normalized spacial score (nSPS) is 19.6. The Hall–Kier alpha value is -0.830. The standard InChI is InChI=1S/C17H28ClN3/c1-11-13(18)20-15(16(2,3)4)21-14(11)19-12-7-9-17(5,6)10-8-12/h12H,7-10H2,1-6H3,(H,19,20,21). The van der Waals surface area contributed by atoms with Gasteiger partial charge in [0.25, 0.3) is 0 Å². The van der Waals surface area contributed by atoms with Crippen LogP contribution in [0.15, 0.2) is 0 Å². The molecule has 1 heterocycles. The lowest BCUT2D eigenvalue weighted by Crippen LogP contribution is -2.31. The Morgan fingerprint density at radius 1 is 1.14 bits per heavy atom. The van der Waals surface area contributed by atoms with Gasteiger partial charge in [-0.3, -0.25) is 0 Å². The summed E-state index contributed by atoms with van der Waals surface area (Å²) in [5.41, 5.74) is 1.34. The van der Waals surface area contributed by atoms with Crippen molar-refractivity contribution in [2.75, 3.05) is 5.32 Å². The van der Waals surface area contributed by atoms with E-state index in [-0.39, 0.29) is 5.41 Å². The molecule has 118 valence electrons. The minimum atomic E-state index is -0.0949. The molecule has 0 saturated heterocycles. The zero-order valence-electron chi connectivity index (χ0n) is 14.2. The van der Waals surface area contributed by atoms with Gasteiger partial charge in [-0.05, 0) is 38.0 Å². The number of halogens is 1. The van der Waals surface area contributed by atoms with Crippen LogP contribution in [-0.2, 0) is 5.41 Å². The highest BCUT2D eigenvalue weighted by Gasteiger charge is 2.28. The molecule has 0 atom stereocenters. The average Bonchev–Trinajstić information content (AvgIpc) is 2.35. The molecule has 0 spiro atoms. The van der Waals surface area contributed by atoms with Gasteiger partial charge in [0, 0.05) is 17.0 Å². The Morgan fingerprint density at radius 3 is 2.24 bits per heavy atom. The van der Waals surface area contributed by atoms with Gasteiger partial charge in [0.05, 0.1) is 0 Å². The number of nitrogens with one attached hydrogen (secondary N) is 1. The molecule has 0 radical (unpaired) electrons. The zero-order valence-corrected chi connectivity index (χ0v) is 14.9. The van der Waals surface area contributed by atoms with Crippen LogP contribution in [0.1, 0.15) is 71.7 Å². The maximum atomic E-state index is 6.30. The van der Waals surface area contributed by atoms with Gasteiger partial charge in [0.2, 0.25) is 0 Å². The molecule has 1 N–H and O–H groups in total. The van der Waals surface area contributed by atoms with E-state index in [4.69, 9.17) is 16.6 Å². The van der Waals surface area contributed by atoms with E-state index in [1.807, 2.05) is 6.92 Å². The van der Waals surface area contributed by atoms with Gasteiger partial charge in [-0.25, -0.2) is 9.97 Å². The van der Waals surface area contributed by atoms with Crippen LogP contribution in [0.3, 0.4) is 0 Å². The van der Waals surface area contributed by atoms with Gasteiger partial charge >= 0.3 is 0 Å².